The van der Waals surface area contributed by atoms with Gasteiger partial charge in [-0.25, -0.2) is 13.1 Å². The molecule has 0 saturated carbocycles. The molecule has 2 aromatic rings. The monoisotopic (exact) mass is 447 g/mol. The summed E-state index contributed by atoms with van der Waals surface area (Å²) in [5.74, 6) is 0. The highest BCUT2D eigenvalue weighted by Gasteiger charge is 2.26. The Kier molecular flexibility index (Phi) is 7.60. The molecule has 0 radical (unpaired) electrons. The van der Waals surface area contributed by atoms with E-state index in [1.165, 1.54) is 24.7 Å². The Bertz CT molecular complexity index is 1000. The van der Waals surface area contributed by atoms with E-state index in [0.717, 1.165) is 38.7 Å². The second-order valence-corrected chi connectivity index (χ2v) is 9.54. The van der Waals surface area contributed by atoms with Crippen LogP contribution in [0, 0.1) is 10.1 Å². The first-order valence-corrected chi connectivity index (χ1v) is 11.7. The van der Waals surface area contributed by atoms with Gasteiger partial charge in [0.05, 0.1) is 9.82 Å². The van der Waals surface area contributed by atoms with Gasteiger partial charge in [0.25, 0.3) is 5.69 Å². The minimum atomic E-state index is -3.74. The van der Waals surface area contributed by atoms with Crippen molar-refractivity contribution < 1.29 is 13.3 Å². The van der Waals surface area contributed by atoms with Crippen LogP contribution in [0.15, 0.2) is 53.4 Å². The summed E-state index contributed by atoms with van der Waals surface area (Å²) >= 11 is 0. The van der Waals surface area contributed by atoms with Crippen molar-refractivity contribution in [3.05, 3.63) is 64.2 Å². The smallest absolute Gasteiger partial charge is 0.293 e. The van der Waals surface area contributed by atoms with Crippen molar-refractivity contribution in [2.45, 2.75) is 17.4 Å². The maximum absolute atomic E-state index is 11.9. The van der Waals surface area contributed by atoms with E-state index in [1.807, 2.05) is 6.07 Å². The summed E-state index contributed by atoms with van der Waals surface area (Å²) in [6.07, 6.45) is 0.806. The minimum Gasteiger partial charge on any atom is -0.379 e. The number of hydrogen-bond acceptors (Lipinski definition) is 7. The molecule has 10 heteroatoms. The van der Waals surface area contributed by atoms with Crippen LogP contribution < -0.4 is 10.0 Å². The molecule has 1 unspecified atom stereocenters. The molecule has 3 rings (SSSR count). The number of piperazine rings is 1. The van der Waals surface area contributed by atoms with Crippen molar-refractivity contribution in [3.63, 3.8) is 0 Å². The third-order valence-electron chi connectivity index (χ3n) is 5.56. The molecule has 168 valence electrons. The fourth-order valence-corrected chi connectivity index (χ4v) is 4.57. The predicted molar refractivity (Wildman–Crippen MR) is 121 cm³/mol. The minimum absolute atomic E-state index is 0.129. The van der Waals surface area contributed by atoms with E-state index in [9.17, 15) is 18.5 Å². The van der Waals surface area contributed by atoms with Crippen molar-refractivity contribution in [2.75, 3.05) is 52.1 Å². The topological polar surface area (TPSA) is 108 Å². The Morgan fingerprint density at radius 2 is 1.90 bits per heavy atom. The van der Waals surface area contributed by atoms with Crippen LogP contribution in [0.3, 0.4) is 0 Å². The molecule has 9 nitrogen and oxygen atoms in total. The van der Waals surface area contributed by atoms with Crippen LogP contribution in [0.2, 0.25) is 0 Å². The molecule has 0 aliphatic carbocycles. The third kappa shape index (κ3) is 5.79. The summed E-state index contributed by atoms with van der Waals surface area (Å²) in [7, 11) is -0.338. The van der Waals surface area contributed by atoms with E-state index in [4.69, 9.17) is 0 Å². The first-order chi connectivity index (χ1) is 14.8. The highest BCUT2D eigenvalue weighted by molar-refractivity contribution is 7.89. The SMILES string of the molecule is CNS(=O)(=O)c1ccc(NCCCN2CCN(C)CC2c2ccccc2)c([N+](=O)[O-])c1. The molecule has 1 saturated heterocycles. The number of nitro benzene ring substituents is 1. The Morgan fingerprint density at radius 3 is 2.58 bits per heavy atom. The zero-order chi connectivity index (χ0) is 22.4. The molecule has 1 heterocycles. The van der Waals surface area contributed by atoms with Gasteiger partial charge < -0.3 is 10.2 Å². The van der Waals surface area contributed by atoms with Gasteiger partial charge in [0.15, 0.2) is 0 Å². The van der Waals surface area contributed by atoms with E-state index in [2.05, 4.69) is 51.2 Å². The molecule has 2 N–H and O–H groups in total. The average molecular weight is 448 g/mol. The van der Waals surface area contributed by atoms with Crippen molar-refractivity contribution in [2.24, 2.45) is 0 Å². The van der Waals surface area contributed by atoms with E-state index < -0.39 is 14.9 Å². The molecule has 0 bridgehead atoms. The molecule has 1 fully saturated rings. The zero-order valence-electron chi connectivity index (χ0n) is 17.8. The standard InChI is InChI=1S/C21H29N5O4S/c1-22-31(29,30)18-9-10-19(20(15-18)26(27)28)23-11-6-12-25-14-13-24(2)16-21(25)17-7-4-3-5-8-17/h3-5,7-10,15,21-23H,6,11-14,16H2,1-2H3. The van der Waals surface area contributed by atoms with Gasteiger partial charge in [-0.05, 0) is 38.2 Å². The molecule has 0 aromatic heterocycles. The molecular formula is C21H29N5O4S. The summed E-state index contributed by atoms with van der Waals surface area (Å²) in [5.41, 5.74) is 1.36. The number of likely N-dealkylation sites (N-methyl/N-ethyl adjacent to an activating group) is 1. The lowest BCUT2D eigenvalue weighted by molar-refractivity contribution is -0.384. The van der Waals surface area contributed by atoms with Crippen molar-refractivity contribution in [1.29, 1.82) is 0 Å². The van der Waals surface area contributed by atoms with E-state index in [0.29, 0.717) is 18.3 Å². The van der Waals surface area contributed by atoms with Gasteiger partial charge in [-0.15, -0.1) is 0 Å². The number of rotatable bonds is 9. The number of sulfonamides is 1. The summed E-state index contributed by atoms with van der Waals surface area (Å²) in [6.45, 7) is 4.34. The Balaban J connectivity index is 1.62. The normalized spacial score (nSPS) is 18.1. The van der Waals surface area contributed by atoms with Crippen LogP contribution in [-0.4, -0.2) is 70.0 Å². The number of anilines is 1. The van der Waals surface area contributed by atoms with Crippen LogP contribution in [-0.2, 0) is 10.0 Å². The highest BCUT2D eigenvalue weighted by atomic mass is 32.2. The first-order valence-electron chi connectivity index (χ1n) is 10.2. The van der Waals surface area contributed by atoms with E-state index >= 15 is 0 Å². The highest BCUT2D eigenvalue weighted by Crippen LogP contribution is 2.28. The van der Waals surface area contributed by atoms with Crippen LogP contribution in [0.5, 0.6) is 0 Å². The van der Waals surface area contributed by atoms with Crippen LogP contribution in [0.4, 0.5) is 11.4 Å². The van der Waals surface area contributed by atoms with Crippen LogP contribution in [0.1, 0.15) is 18.0 Å². The number of benzene rings is 2. The van der Waals surface area contributed by atoms with Gasteiger partial charge in [0.2, 0.25) is 10.0 Å². The van der Waals surface area contributed by atoms with E-state index in [-0.39, 0.29) is 10.6 Å². The molecule has 1 aliphatic rings. The maximum Gasteiger partial charge on any atom is 0.293 e. The lowest BCUT2D eigenvalue weighted by Gasteiger charge is -2.40. The summed E-state index contributed by atoms with van der Waals surface area (Å²) in [5, 5.41) is 14.5. The third-order valence-corrected chi connectivity index (χ3v) is 6.97. The number of hydrogen-bond donors (Lipinski definition) is 2. The molecule has 2 aromatic carbocycles. The average Bonchev–Trinajstić information content (AvgIpc) is 2.78. The maximum atomic E-state index is 11.9. The van der Waals surface area contributed by atoms with E-state index in [1.54, 1.807) is 0 Å². The van der Waals surface area contributed by atoms with Gasteiger partial charge in [0, 0.05) is 44.8 Å². The van der Waals surface area contributed by atoms with Crippen molar-refractivity contribution in [1.82, 2.24) is 14.5 Å². The Hall–Kier alpha value is -2.53. The molecule has 1 aliphatic heterocycles. The van der Waals surface area contributed by atoms with Gasteiger partial charge in [-0.3, -0.25) is 15.0 Å². The molecular weight excluding hydrogens is 418 g/mol. The molecule has 0 amide bonds. The second-order valence-electron chi connectivity index (χ2n) is 7.65. The Labute approximate surface area is 183 Å². The lowest BCUT2D eigenvalue weighted by atomic mass is 10.0. The summed E-state index contributed by atoms with van der Waals surface area (Å²) in [6, 6.07) is 14.7. The van der Waals surface area contributed by atoms with Gasteiger partial charge in [-0.1, -0.05) is 30.3 Å². The fraction of sp³-hybridized carbons (Fsp3) is 0.429. The quantitative estimate of drug-likeness (QED) is 0.345. The summed E-state index contributed by atoms with van der Waals surface area (Å²) < 4.78 is 26.0. The van der Waals surface area contributed by atoms with Gasteiger partial charge in [0.1, 0.15) is 5.69 Å². The van der Waals surface area contributed by atoms with Crippen molar-refractivity contribution in [3.8, 4) is 0 Å². The van der Waals surface area contributed by atoms with Crippen LogP contribution in [0.25, 0.3) is 0 Å². The number of nitro groups is 1. The number of nitrogens with zero attached hydrogens (tertiary/aromatic N) is 3. The Morgan fingerprint density at radius 1 is 1.16 bits per heavy atom. The first kappa shape index (κ1) is 23.1. The van der Waals surface area contributed by atoms with Gasteiger partial charge >= 0.3 is 0 Å². The molecule has 0 spiro atoms. The second kappa shape index (κ2) is 10.2. The molecule has 31 heavy (non-hydrogen) atoms. The fourth-order valence-electron chi connectivity index (χ4n) is 3.82. The van der Waals surface area contributed by atoms with Crippen molar-refractivity contribution >= 4 is 21.4 Å². The predicted octanol–water partition coefficient (Wildman–Crippen LogP) is 2.29. The number of nitrogens with one attached hydrogen (secondary N) is 2. The summed E-state index contributed by atoms with van der Waals surface area (Å²) in [4.78, 5) is 15.5. The van der Waals surface area contributed by atoms with Gasteiger partial charge in [-0.2, -0.15) is 0 Å². The van der Waals surface area contributed by atoms with Crippen LogP contribution >= 0.6 is 0 Å². The largest absolute Gasteiger partial charge is 0.379 e. The molecule has 1 atom stereocenters. The zero-order valence-corrected chi connectivity index (χ0v) is 18.6. The lowest BCUT2D eigenvalue weighted by Crippen LogP contribution is -2.47.